The third-order valence-electron chi connectivity index (χ3n) is 1.98. The van der Waals surface area contributed by atoms with Gasteiger partial charge in [0.05, 0.1) is 0 Å². The van der Waals surface area contributed by atoms with Gasteiger partial charge in [0.1, 0.15) is 6.10 Å². The van der Waals surface area contributed by atoms with Crippen molar-refractivity contribution in [3.63, 3.8) is 0 Å². The minimum atomic E-state index is -0.858. The first kappa shape index (κ1) is 12.2. The van der Waals surface area contributed by atoms with Gasteiger partial charge >= 0.3 is 6.16 Å². The first-order valence-corrected chi connectivity index (χ1v) is 4.64. The van der Waals surface area contributed by atoms with Gasteiger partial charge in [0, 0.05) is 4.79 Å². The van der Waals surface area contributed by atoms with Gasteiger partial charge in [-0.1, -0.05) is 13.8 Å². The number of rotatable bonds is 4. The van der Waals surface area contributed by atoms with E-state index >= 15 is 0 Å². The topological polar surface area (TPSA) is 52.1 Å². The zero-order valence-electron chi connectivity index (χ0n) is 8.70. The summed E-state index contributed by atoms with van der Waals surface area (Å²) in [6.07, 6.45) is -0.148. The van der Waals surface area contributed by atoms with E-state index in [1.54, 1.807) is 13.8 Å². The van der Waals surface area contributed by atoms with Crippen LogP contribution >= 0.6 is 0 Å². The van der Waals surface area contributed by atoms with Crippen molar-refractivity contribution in [1.82, 2.24) is 0 Å². The molecule has 0 amide bonds. The Morgan fingerprint density at radius 3 is 2.31 bits per heavy atom. The molecule has 0 aromatic rings. The lowest BCUT2D eigenvalue weighted by atomic mass is 10.3. The summed E-state index contributed by atoms with van der Waals surface area (Å²) < 4.78 is 6.03. The van der Waals surface area contributed by atoms with Gasteiger partial charge in [-0.3, -0.25) is 0 Å². The van der Waals surface area contributed by atoms with Crippen molar-refractivity contribution in [3.8, 4) is 0 Å². The van der Waals surface area contributed by atoms with E-state index in [9.17, 15) is 10.1 Å². The summed E-state index contributed by atoms with van der Waals surface area (Å²) in [4.78, 5) is 11.1. The summed E-state index contributed by atoms with van der Waals surface area (Å²) in [5.74, 6) is 0. The van der Waals surface area contributed by atoms with Crippen LogP contribution in [0.15, 0.2) is 0 Å². The van der Waals surface area contributed by atoms with E-state index < -0.39 is 12.3 Å². The van der Waals surface area contributed by atoms with Crippen LogP contribution < -0.4 is 5.26 Å². The quantitative estimate of drug-likeness (QED) is 0.292. The molecule has 0 saturated carbocycles. The van der Waals surface area contributed by atoms with Crippen LogP contribution in [0.1, 0.15) is 40.5 Å². The van der Waals surface area contributed by atoms with E-state index in [2.05, 4.69) is 0 Å². The lowest BCUT2D eigenvalue weighted by Crippen LogP contribution is -2.40. The zero-order valence-corrected chi connectivity index (χ0v) is 8.70. The van der Waals surface area contributed by atoms with Gasteiger partial charge in [-0.25, -0.2) is 0 Å². The van der Waals surface area contributed by atoms with Gasteiger partial charge in [0.2, 0.25) is 0 Å². The minimum Gasteiger partial charge on any atom is -0.626 e. The first-order valence-electron chi connectivity index (χ1n) is 4.64. The molecule has 78 valence electrons. The number of carbonyl (C=O) groups excluding carboxylic acids is 1. The molecule has 0 fully saturated rings. The Balaban J connectivity index is 3.96. The number of ether oxygens (including phenoxy) is 1. The maximum absolute atomic E-state index is 11.1. The monoisotopic (exact) mass is 190 g/mol. The average Bonchev–Trinajstić information content (AvgIpc) is 2.14. The molecule has 0 aliphatic rings. The molecule has 0 aromatic carbocycles. The fourth-order valence-electron chi connectivity index (χ4n) is 0.611. The highest BCUT2D eigenvalue weighted by molar-refractivity contribution is 5.61. The minimum absolute atomic E-state index is 0.208. The lowest BCUT2D eigenvalue weighted by Gasteiger charge is -2.31. The zero-order chi connectivity index (χ0) is 10.4. The second kappa shape index (κ2) is 5.80. The highest BCUT2D eigenvalue weighted by Gasteiger charge is 2.24. The van der Waals surface area contributed by atoms with Crippen molar-refractivity contribution in [2.45, 2.75) is 52.7 Å². The van der Waals surface area contributed by atoms with Crippen molar-refractivity contribution < 1.29 is 19.3 Å². The van der Waals surface area contributed by atoms with E-state index in [4.69, 9.17) is 4.74 Å². The molecule has 0 aliphatic carbocycles. The largest absolute Gasteiger partial charge is 0.727 e. The third-order valence-corrected chi connectivity index (χ3v) is 1.98. The molecule has 13 heavy (non-hydrogen) atoms. The smallest absolute Gasteiger partial charge is 0.626 e. The number of hydrogen-bond acceptors (Lipinski definition) is 3. The molecule has 0 N–H and O–H groups in total. The maximum Gasteiger partial charge on any atom is 0.727 e. The summed E-state index contributed by atoms with van der Waals surface area (Å²) >= 11 is 0. The van der Waals surface area contributed by atoms with Crippen molar-refractivity contribution in [3.05, 3.63) is 0 Å². The van der Waals surface area contributed by atoms with Gasteiger partial charge in [-0.2, -0.15) is 0 Å². The fourth-order valence-corrected chi connectivity index (χ4v) is 0.611. The molecule has 0 aromatic heterocycles. The summed E-state index contributed by atoms with van der Waals surface area (Å²) in [6, 6.07) is 0. The van der Waals surface area contributed by atoms with Gasteiger partial charge < -0.3 is 14.5 Å². The standard InChI is InChI=1S/C9H18O4/c1-5-7(3)12-9(10)13(11)8(4)6-2/h7-8H,5-6H2,1-4H3. The Morgan fingerprint density at radius 1 is 1.38 bits per heavy atom. The Kier molecular flexibility index (Phi) is 5.46. The predicted octanol–water partition coefficient (Wildman–Crippen LogP) is 1.55. The Bertz CT molecular complexity index is 158. The molecule has 0 aliphatic heterocycles. The van der Waals surface area contributed by atoms with Gasteiger partial charge in [-0.05, 0) is 26.7 Å². The van der Waals surface area contributed by atoms with Crippen LogP contribution in [0, 0.1) is 0 Å². The van der Waals surface area contributed by atoms with E-state index in [0.29, 0.717) is 12.8 Å². The summed E-state index contributed by atoms with van der Waals surface area (Å²) in [6.45, 7) is 7.14. The molecule has 2 unspecified atom stereocenters. The first-order chi connectivity index (χ1) is 6.02. The summed E-state index contributed by atoms with van der Waals surface area (Å²) in [7, 11) is 0. The highest BCUT2D eigenvalue weighted by atomic mass is 17.3. The van der Waals surface area contributed by atoms with Crippen LogP contribution in [0.3, 0.4) is 0 Å². The van der Waals surface area contributed by atoms with Crippen LogP contribution in [0.25, 0.3) is 0 Å². The number of carbonyl (C=O) groups is 1. The molecule has 0 saturated heterocycles. The van der Waals surface area contributed by atoms with Crippen LogP contribution in [-0.2, 0) is 9.25 Å². The Labute approximate surface area is 79.1 Å². The van der Waals surface area contributed by atoms with Crippen LogP contribution in [0.2, 0.25) is 0 Å². The van der Waals surface area contributed by atoms with Crippen molar-refractivity contribution >= 4 is 6.16 Å². The molecule has 0 spiro atoms. The molecular weight excluding hydrogens is 172 g/mol. The van der Waals surface area contributed by atoms with E-state index in [-0.39, 0.29) is 6.10 Å². The lowest BCUT2D eigenvalue weighted by molar-refractivity contribution is -0.772. The second-order valence-electron chi connectivity index (χ2n) is 3.10. The molecular formula is C9H18O4. The average molecular weight is 190 g/mol. The fraction of sp³-hybridized carbons (Fsp3) is 0.889. The molecule has 0 radical (unpaired) electrons. The van der Waals surface area contributed by atoms with Crippen LogP contribution in [-0.4, -0.2) is 18.4 Å². The number of hydrogen-bond donors (Lipinski definition) is 0. The van der Waals surface area contributed by atoms with E-state index in [1.807, 2.05) is 13.8 Å². The second-order valence-corrected chi connectivity index (χ2v) is 3.10. The van der Waals surface area contributed by atoms with Crippen molar-refractivity contribution in [2.24, 2.45) is 0 Å². The van der Waals surface area contributed by atoms with Gasteiger partial charge in [0.25, 0.3) is 0 Å². The summed E-state index contributed by atoms with van der Waals surface area (Å²) in [5, 5.41) is 11.1. The molecule has 4 nitrogen and oxygen atoms in total. The normalized spacial score (nSPS) is 14.8. The Morgan fingerprint density at radius 2 is 1.92 bits per heavy atom. The molecule has 2 atom stereocenters. The predicted molar refractivity (Wildman–Crippen MR) is 47.1 cm³/mol. The van der Waals surface area contributed by atoms with Crippen LogP contribution in [0.4, 0.5) is 4.79 Å². The van der Waals surface area contributed by atoms with Gasteiger partial charge in [0.15, 0.2) is 6.10 Å². The van der Waals surface area contributed by atoms with Crippen molar-refractivity contribution in [1.29, 1.82) is 0 Å². The van der Waals surface area contributed by atoms with E-state index in [1.165, 1.54) is 4.52 Å². The maximum atomic E-state index is 11.1. The van der Waals surface area contributed by atoms with Crippen molar-refractivity contribution in [2.75, 3.05) is 0 Å². The SMILES string of the molecule is CCC(C)OC(=O)[O+]([O-])C(C)CC. The molecule has 4 heteroatoms. The van der Waals surface area contributed by atoms with Crippen LogP contribution in [0.5, 0.6) is 0 Å². The van der Waals surface area contributed by atoms with Gasteiger partial charge in [-0.15, -0.1) is 0 Å². The Hall–Kier alpha value is -0.770. The highest BCUT2D eigenvalue weighted by Crippen LogP contribution is 2.07. The third kappa shape index (κ3) is 4.12. The molecule has 0 heterocycles. The molecule has 0 rings (SSSR count). The van der Waals surface area contributed by atoms with E-state index in [0.717, 1.165) is 0 Å². The molecule has 0 bridgehead atoms. The summed E-state index contributed by atoms with van der Waals surface area (Å²) in [5.41, 5.74) is 0.